The number of carbonyl (C=O) groups is 1. The third-order valence-corrected chi connectivity index (χ3v) is 10.4. The maximum atomic E-state index is 11.9. The van der Waals surface area contributed by atoms with Crippen molar-refractivity contribution in [1.29, 1.82) is 0 Å². The van der Waals surface area contributed by atoms with Crippen LogP contribution in [0.4, 0.5) is 11.4 Å². The van der Waals surface area contributed by atoms with Crippen LogP contribution in [0, 0.1) is 0 Å². The second-order valence-electron chi connectivity index (χ2n) is 12.8. The van der Waals surface area contributed by atoms with Crippen molar-refractivity contribution >= 4 is 43.2 Å². The standard InChI is InChI=1S/C34H43N3O7S2/c1-33(2)26-14-8-9-15-28(26)36(20-10-12-22-45(39,40)41)30(33)16-6-5-7-17-31-34(3,4)27-24-25(32(35)38)18-19-29(27)37(31)21-11-13-23-46(42,43)44/h5-9,14-19,24H,10-13,20-23H2,1-4H3,(H3-,35,38,39,40,41,42,43,44)/p+1. The van der Waals surface area contributed by atoms with Crippen molar-refractivity contribution in [3.8, 4) is 0 Å². The normalized spacial score (nSPS) is 18.2. The molecule has 10 nitrogen and oxygen atoms in total. The highest BCUT2D eigenvalue weighted by Crippen LogP contribution is 2.48. The Kier molecular flexibility index (Phi) is 10.5. The van der Waals surface area contributed by atoms with Crippen molar-refractivity contribution < 1.29 is 35.3 Å². The number of carbonyl (C=O) groups excluding carboxylic acids is 1. The maximum absolute atomic E-state index is 11.9. The summed E-state index contributed by atoms with van der Waals surface area (Å²) in [5.41, 5.74) is 11.4. The van der Waals surface area contributed by atoms with Gasteiger partial charge in [-0.2, -0.15) is 21.4 Å². The Hall–Kier alpha value is -3.58. The number of anilines is 1. The summed E-state index contributed by atoms with van der Waals surface area (Å²) in [5.74, 6) is -1.09. The average Bonchev–Trinajstić information content (AvgIpc) is 3.30. The second kappa shape index (κ2) is 13.6. The summed E-state index contributed by atoms with van der Waals surface area (Å²) < 4.78 is 65.5. The highest BCUT2D eigenvalue weighted by atomic mass is 32.2. The van der Waals surface area contributed by atoms with E-state index in [4.69, 9.17) is 14.8 Å². The number of hydrogen-bond donors (Lipinski definition) is 3. The number of fused-ring (bicyclic) bond motifs is 2. The van der Waals surface area contributed by atoms with Gasteiger partial charge < -0.3 is 10.6 Å². The number of rotatable bonds is 14. The molecule has 2 aromatic carbocycles. The van der Waals surface area contributed by atoms with Crippen LogP contribution in [0.3, 0.4) is 0 Å². The minimum absolute atomic E-state index is 0.268. The summed E-state index contributed by atoms with van der Waals surface area (Å²) >= 11 is 0. The van der Waals surface area contributed by atoms with Gasteiger partial charge in [-0.15, -0.1) is 0 Å². The molecule has 248 valence electrons. The minimum atomic E-state index is -4.05. The Morgan fingerprint density at radius 3 is 2.15 bits per heavy atom. The molecule has 1 amide bonds. The molecule has 0 bridgehead atoms. The molecule has 4 rings (SSSR count). The quantitative estimate of drug-likeness (QED) is 0.106. The SMILES string of the molecule is CC1(C)C(=CC=CC=CC2=[N+](CCCCS(=O)(=O)O)c3ccccc3C2(C)C)N(CCCCS(=O)(=O)O)c2ccc(C(N)=O)cc21. The zero-order valence-corrected chi connectivity index (χ0v) is 28.4. The molecule has 0 atom stereocenters. The number of para-hydroxylation sites is 1. The fourth-order valence-electron chi connectivity index (χ4n) is 6.42. The number of nitrogens with two attached hydrogens (primary N) is 1. The number of primary amides is 1. The van der Waals surface area contributed by atoms with Crippen LogP contribution in [0.2, 0.25) is 0 Å². The molecule has 2 aliphatic heterocycles. The number of unbranched alkanes of at least 4 members (excludes halogenated alkanes) is 2. The Balaban J connectivity index is 1.61. The van der Waals surface area contributed by atoms with Crippen molar-refractivity contribution in [1.82, 2.24) is 0 Å². The molecule has 46 heavy (non-hydrogen) atoms. The van der Waals surface area contributed by atoms with Gasteiger partial charge in [0.1, 0.15) is 6.54 Å². The molecule has 0 saturated carbocycles. The molecule has 2 heterocycles. The van der Waals surface area contributed by atoms with Gasteiger partial charge in [0.2, 0.25) is 11.6 Å². The molecule has 0 radical (unpaired) electrons. The van der Waals surface area contributed by atoms with Gasteiger partial charge in [0.25, 0.3) is 20.2 Å². The lowest BCUT2D eigenvalue weighted by Crippen LogP contribution is -2.28. The van der Waals surface area contributed by atoms with Crippen LogP contribution in [0.5, 0.6) is 0 Å². The monoisotopic (exact) mass is 670 g/mol. The van der Waals surface area contributed by atoms with Crippen LogP contribution in [0.1, 0.15) is 74.9 Å². The third kappa shape index (κ3) is 8.03. The van der Waals surface area contributed by atoms with E-state index in [0.29, 0.717) is 44.3 Å². The summed E-state index contributed by atoms with van der Waals surface area (Å²) in [6.45, 7) is 9.59. The van der Waals surface area contributed by atoms with Crippen molar-refractivity contribution in [2.45, 2.75) is 64.2 Å². The van der Waals surface area contributed by atoms with Gasteiger partial charge in [0.05, 0.1) is 16.9 Å². The fourth-order valence-corrected chi connectivity index (χ4v) is 7.56. The van der Waals surface area contributed by atoms with Gasteiger partial charge in [-0.1, -0.05) is 50.3 Å². The topological polar surface area (TPSA) is 158 Å². The van der Waals surface area contributed by atoms with E-state index in [2.05, 4.69) is 55.4 Å². The summed E-state index contributed by atoms with van der Waals surface area (Å²) in [5, 5.41) is 0. The zero-order chi connectivity index (χ0) is 33.9. The summed E-state index contributed by atoms with van der Waals surface area (Å²) in [6.07, 6.45) is 11.7. The van der Waals surface area contributed by atoms with E-state index >= 15 is 0 Å². The van der Waals surface area contributed by atoms with Gasteiger partial charge in [-0.25, -0.2) is 0 Å². The van der Waals surface area contributed by atoms with Crippen LogP contribution in [0.15, 0.2) is 78.5 Å². The number of hydrogen-bond acceptors (Lipinski definition) is 6. The first kappa shape index (κ1) is 35.3. The van der Waals surface area contributed by atoms with Crippen LogP contribution in [-0.4, -0.2) is 66.7 Å². The number of benzene rings is 2. The first-order chi connectivity index (χ1) is 21.4. The Morgan fingerprint density at radius 1 is 0.848 bits per heavy atom. The minimum Gasteiger partial charge on any atom is -0.366 e. The molecule has 0 aliphatic carbocycles. The second-order valence-corrected chi connectivity index (χ2v) is 16.0. The van der Waals surface area contributed by atoms with Crippen LogP contribution >= 0.6 is 0 Å². The van der Waals surface area contributed by atoms with E-state index in [-0.39, 0.29) is 16.9 Å². The molecule has 2 aliphatic rings. The van der Waals surface area contributed by atoms with Gasteiger partial charge in [0.15, 0.2) is 5.71 Å². The molecule has 0 saturated heterocycles. The average molecular weight is 671 g/mol. The molecule has 4 N–H and O–H groups in total. The van der Waals surface area contributed by atoms with E-state index < -0.39 is 31.6 Å². The predicted molar refractivity (Wildman–Crippen MR) is 182 cm³/mol. The van der Waals surface area contributed by atoms with E-state index in [0.717, 1.165) is 28.3 Å². The van der Waals surface area contributed by atoms with Crippen LogP contribution < -0.4 is 10.6 Å². The first-order valence-electron chi connectivity index (χ1n) is 15.4. The number of nitrogens with zero attached hydrogens (tertiary/aromatic N) is 2. The van der Waals surface area contributed by atoms with Gasteiger partial charge >= 0.3 is 0 Å². The lowest BCUT2D eigenvalue weighted by atomic mass is 9.81. The molecule has 0 spiro atoms. The van der Waals surface area contributed by atoms with E-state index in [9.17, 15) is 21.6 Å². The molecular weight excluding hydrogens is 627 g/mol. The summed E-state index contributed by atoms with van der Waals surface area (Å²) in [6, 6.07) is 13.5. The maximum Gasteiger partial charge on any atom is 0.264 e. The Bertz CT molecular complexity index is 1840. The van der Waals surface area contributed by atoms with Crippen molar-refractivity contribution in [2.24, 2.45) is 5.73 Å². The summed E-state index contributed by atoms with van der Waals surface area (Å²) in [7, 11) is -8.05. The molecule has 0 fully saturated rings. The Morgan fingerprint density at radius 2 is 1.50 bits per heavy atom. The largest absolute Gasteiger partial charge is 0.366 e. The lowest BCUT2D eigenvalue weighted by Gasteiger charge is -2.27. The fraction of sp³-hybridized carbons (Fsp3) is 0.412. The van der Waals surface area contributed by atoms with Gasteiger partial charge in [-0.3, -0.25) is 13.9 Å². The number of amides is 1. The first-order valence-corrected chi connectivity index (χ1v) is 18.6. The highest BCUT2D eigenvalue weighted by molar-refractivity contribution is 7.86. The van der Waals surface area contributed by atoms with Gasteiger partial charge in [0, 0.05) is 53.0 Å². The highest BCUT2D eigenvalue weighted by Gasteiger charge is 2.44. The molecule has 2 aromatic rings. The molecule has 0 unspecified atom stereocenters. The van der Waals surface area contributed by atoms with Gasteiger partial charge in [-0.05, 0) is 62.9 Å². The Labute approximate surface area is 272 Å². The van der Waals surface area contributed by atoms with E-state index in [1.54, 1.807) is 6.07 Å². The smallest absolute Gasteiger partial charge is 0.264 e. The van der Waals surface area contributed by atoms with E-state index in [1.165, 1.54) is 5.56 Å². The van der Waals surface area contributed by atoms with Crippen LogP contribution in [0.25, 0.3) is 0 Å². The van der Waals surface area contributed by atoms with Crippen molar-refractivity contribution in [3.63, 3.8) is 0 Å². The van der Waals surface area contributed by atoms with Crippen molar-refractivity contribution in [2.75, 3.05) is 29.5 Å². The molecule has 12 heteroatoms. The number of allylic oxidation sites excluding steroid dienone is 6. The predicted octanol–water partition coefficient (Wildman–Crippen LogP) is 5.29. The van der Waals surface area contributed by atoms with Crippen molar-refractivity contribution in [3.05, 3.63) is 95.2 Å². The van der Waals surface area contributed by atoms with E-state index in [1.807, 2.05) is 48.6 Å². The molecule has 0 aromatic heterocycles. The van der Waals surface area contributed by atoms with Crippen LogP contribution in [-0.2, 0) is 31.1 Å². The molecular formula is C34H44N3O7S2+. The summed E-state index contributed by atoms with van der Waals surface area (Å²) in [4.78, 5) is 14.1. The zero-order valence-electron chi connectivity index (χ0n) is 26.8. The third-order valence-electron chi connectivity index (χ3n) is 8.77. The lowest BCUT2D eigenvalue weighted by molar-refractivity contribution is -0.438.